The molecule has 1 aliphatic rings. The molecular formula is C12H17N3O4. The standard InChI is InChI=1S/C12H17N3O4/c1-13-9-4-10(6-11(5-9)15(17)18)14-7-12(16)2-3-19-8-12/h4-6,13-14,16H,2-3,7-8H2,1H3. The zero-order chi connectivity index (χ0) is 13.9. The van der Waals surface area contributed by atoms with Crippen molar-refractivity contribution in [2.75, 3.05) is 37.4 Å². The lowest BCUT2D eigenvalue weighted by Crippen LogP contribution is -2.37. The van der Waals surface area contributed by atoms with Crippen LogP contribution in [0.15, 0.2) is 18.2 Å². The molecule has 104 valence electrons. The van der Waals surface area contributed by atoms with Crippen molar-refractivity contribution in [3.8, 4) is 0 Å². The summed E-state index contributed by atoms with van der Waals surface area (Å²) in [7, 11) is 1.70. The fourth-order valence-corrected chi connectivity index (χ4v) is 1.97. The number of nitrogens with one attached hydrogen (secondary N) is 2. The summed E-state index contributed by atoms with van der Waals surface area (Å²) in [6.45, 7) is 1.13. The molecule has 1 heterocycles. The number of anilines is 2. The Balaban J connectivity index is 2.10. The molecule has 3 N–H and O–H groups in total. The van der Waals surface area contributed by atoms with Crippen LogP contribution in [0.25, 0.3) is 0 Å². The summed E-state index contributed by atoms with van der Waals surface area (Å²) >= 11 is 0. The van der Waals surface area contributed by atoms with Crippen molar-refractivity contribution >= 4 is 17.1 Å². The molecule has 1 unspecified atom stereocenters. The topological polar surface area (TPSA) is 96.7 Å². The Morgan fingerprint density at radius 3 is 2.79 bits per heavy atom. The Kier molecular flexibility index (Phi) is 3.87. The second-order valence-electron chi connectivity index (χ2n) is 4.66. The van der Waals surface area contributed by atoms with Gasteiger partial charge >= 0.3 is 0 Å². The predicted molar refractivity (Wildman–Crippen MR) is 71.5 cm³/mol. The largest absolute Gasteiger partial charge is 0.388 e. The number of benzene rings is 1. The van der Waals surface area contributed by atoms with Crippen LogP contribution in [0.5, 0.6) is 0 Å². The molecule has 0 radical (unpaired) electrons. The maximum absolute atomic E-state index is 10.8. The van der Waals surface area contributed by atoms with Gasteiger partial charge in [0.1, 0.15) is 5.60 Å². The highest BCUT2D eigenvalue weighted by atomic mass is 16.6. The molecule has 0 aromatic heterocycles. The monoisotopic (exact) mass is 267 g/mol. The summed E-state index contributed by atoms with van der Waals surface area (Å²) < 4.78 is 5.14. The first-order chi connectivity index (χ1) is 9.02. The maximum Gasteiger partial charge on any atom is 0.273 e. The van der Waals surface area contributed by atoms with Crippen LogP contribution in [0.3, 0.4) is 0 Å². The summed E-state index contributed by atoms with van der Waals surface area (Å²) in [4.78, 5) is 10.4. The Labute approximate surface area is 110 Å². The minimum atomic E-state index is -0.898. The number of nitrogens with zero attached hydrogens (tertiary/aromatic N) is 1. The van der Waals surface area contributed by atoms with E-state index in [0.29, 0.717) is 30.9 Å². The molecule has 0 amide bonds. The Hall–Kier alpha value is -1.86. The van der Waals surface area contributed by atoms with Gasteiger partial charge in [-0.05, 0) is 6.07 Å². The number of hydrogen-bond acceptors (Lipinski definition) is 6. The molecule has 1 fully saturated rings. The number of non-ortho nitro benzene ring substituents is 1. The Bertz CT molecular complexity index is 472. The molecule has 0 aliphatic carbocycles. The van der Waals surface area contributed by atoms with Crippen LogP contribution in [0.1, 0.15) is 6.42 Å². The van der Waals surface area contributed by atoms with Crippen LogP contribution in [0.4, 0.5) is 17.1 Å². The van der Waals surface area contributed by atoms with Crippen molar-refractivity contribution in [2.45, 2.75) is 12.0 Å². The third-order valence-electron chi connectivity index (χ3n) is 3.12. The van der Waals surface area contributed by atoms with Crippen LogP contribution < -0.4 is 10.6 Å². The Morgan fingerprint density at radius 1 is 1.47 bits per heavy atom. The number of ether oxygens (including phenoxy) is 1. The fraction of sp³-hybridized carbons (Fsp3) is 0.500. The molecule has 2 rings (SSSR count). The van der Waals surface area contributed by atoms with E-state index >= 15 is 0 Å². The lowest BCUT2D eigenvalue weighted by atomic mass is 10.0. The van der Waals surface area contributed by atoms with E-state index in [9.17, 15) is 15.2 Å². The smallest absolute Gasteiger partial charge is 0.273 e. The molecule has 1 atom stereocenters. The van der Waals surface area contributed by atoms with E-state index in [1.54, 1.807) is 13.1 Å². The minimum Gasteiger partial charge on any atom is -0.388 e. The van der Waals surface area contributed by atoms with Crippen molar-refractivity contribution in [1.29, 1.82) is 0 Å². The molecule has 0 saturated carbocycles. The first kappa shape index (κ1) is 13.6. The normalized spacial score (nSPS) is 22.2. The van der Waals surface area contributed by atoms with Crippen molar-refractivity contribution in [3.05, 3.63) is 28.3 Å². The van der Waals surface area contributed by atoms with Gasteiger partial charge in [0.25, 0.3) is 5.69 Å². The molecule has 19 heavy (non-hydrogen) atoms. The van der Waals surface area contributed by atoms with Crippen molar-refractivity contribution in [1.82, 2.24) is 0 Å². The predicted octanol–water partition coefficient (Wildman–Crippen LogP) is 1.20. The number of hydrogen-bond donors (Lipinski definition) is 3. The van der Waals surface area contributed by atoms with Gasteiger partial charge in [0.15, 0.2) is 0 Å². The van der Waals surface area contributed by atoms with E-state index in [1.807, 2.05) is 0 Å². The van der Waals surface area contributed by atoms with Crippen molar-refractivity contribution < 1.29 is 14.8 Å². The van der Waals surface area contributed by atoms with E-state index in [2.05, 4.69) is 10.6 Å². The van der Waals surface area contributed by atoms with Crippen LogP contribution in [0.2, 0.25) is 0 Å². The number of nitro benzene ring substituents is 1. The van der Waals surface area contributed by atoms with Crippen molar-refractivity contribution in [2.24, 2.45) is 0 Å². The second kappa shape index (κ2) is 5.41. The zero-order valence-electron chi connectivity index (χ0n) is 10.7. The molecule has 1 aliphatic heterocycles. The molecule has 7 nitrogen and oxygen atoms in total. The van der Waals surface area contributed by atoms with E-state index in [-0.39, 0.29) is 12.3 Å². The van der Waals surface area contributed by atoms with Gasteiger partial charge in [-0.15, -0.1) is 0 Å². The average molecular weight is 267 g/mol. The first-order valence-corrected chi connectivity index (χ1v) is 6.04. The Morgan fingerprint density at radius 2 is 2.21 bits per heavy atom. The van der Waals surface area contributed by atoms with Gasteiger partial charge in [-0.1, -0.05) is 0 Å². The summed E-state index contributed by atoms with van der Waals surface area (Å²) in [6.07, 6.45) is 0.563. The molecule has 1 aromatic rings. The summed E-state index contributed by atoms with van der Waals surface area (Å²) in [6, 6.07) is 4.66. The van der Waals surface area contributed by atoms with E-state index < -0.39 is 10.5 Å². The average Bonchev–Trinajstić information content (AvgIpc) is 2.83. The van der Waals surface area contributed by atoms with Gasteiger partial charge in [-0.2, -0.15) is 0 Å². The van der Waals surface area contributed by atoms with Crippen LogP contribution in [-0.2, 0) is 4.74 Å². The van der Waals surface area contributed by atoms with Crippen molar-refractivity contribution in [3.63, 3.8) is 0 Å². The zero-order valence-corrected chi connectivity index (χ0v) is 10.7. The van der Waals surface area contributed by atoms with E-state index in [1.165, 1.54) is 12.1 Å². The maximum atomic E-state index is 10.8. The van der Waals surface area contributed by atoms with Gasteiger partial charge in [-0.3, -0.25) is 10.1 Å². The molecular weight excluding hydrogens is 250 g/mol. The summed E-state index contributed by atoms with van der Waals surface area (Å²) in [5, 5.41) is 26.8. The van der Waals surface area contributed by atoms with E-state index in [4.69, 9.17) is 4.74 Å². The van der Waals surface area contributed by atoms with Crippen LogP contribution in [-0.4, -0.2) is 42.4 Å². The first-order valence-electron chi connectivity index (χ1n) is 6.04. The van der Waals surface area contributed by atoms with Crippen LogP contribution in [0, 0.1) is 10.1 Å². The highest BCUT2D eigenvalue weighted by molar-refractivity contribution is 5.63. The molecule has 1 aromatic carbocycles. The highest BCUT2D eigenvalue weighted by Crippen LogP contribution is 2.25. The highest BCUT2D eigenvalue weighted by Gasteiger charge is 2.31. The lowest BCUT2D eigenvalue weighted by molar-refractivity contribution is -0.384. The number of nitro groups is 1. The lowest BCUT2D eigenvalue weighted by Gasteiger charge is -2.21. The van der Waals surface area contributed by atoms with Gasteiger partial charge in [-0.25, -0.2) is 0 Å². The minimum absolute atomic E-state index is 0.00371. The SMILES string of the molecule is CNc1cc(NCC2(O)CCOC2)cc([N+](=O)[O-])c1. The molecule has 1 saturated heterocycles. The van der Waals surface area contributed by atoms with Gasteiger partial charge < -0.3 is 20.5 Å². The molecule has 0 bridgehead atoms. The molecule has 0 spiro atoms. The van der Waals surface area contributed by atoms with Gasteiger partial charge in [0, 0.05) is 50.1 Å². The summed E-state index contributed by atoms with van der Waals surface area (Å²) in [5.74, 6) is 0. The fourth-order valence-electron chi connectivity index (χ4n) is 1.97. The third kappa shape index (κ3) is 3.33. The number of aliphatic hydroxyl groups is 1. The van der Waals surface area contributed by atoms with Gasteiger partial charge in [0.05, 0.1) is 11.5 Å². The third-order valence-corrected chi connectivity index (χ3v) is 3.12. The van der Waals surface area contributed by atoms with E-state index in [0.717, 1.165) is 0 Å². The number of rotatable bonds is 5. The quantitative estimate of drug-likeness (QED) is 0.548. The second-order valence-corrected chi connectivity index (χ2v) is 4.66. The molecule has 7 heteroatoms. The van der Waals surface area contributed by atoms with Crippen LogP contribution >= 0.6 is 0 Å². The summed E-state index contributed by atoms with van der Waals surface area (Å²) in [5.41, 5.74) is 0.346. The van der Waals surface area contributed by atoms with Gasteiger partial charge in [0.2, 0.25) is 0 Å².